The van der Waals surface area contributed by atoms with E-state index in [0.717, 1.165) is 21.8 Å². The van der Waals surface area contributed by atoms with Crippen LogP contribution in [0.3, 0.4) is 0 Å². The minimum Gasteiger partial charge on any atom is -0.324 e. The molecule has 1 unspecified atom stereocenters. The van der Waals surface area contributed by atoms with Gasteiger partial charge in [0.15, 0.2) is 0 Å². The van der Waals surface area contributed by atoms with Crippen molar-refractivity contribution in [1.82, 2.24) is 4.98 Å². The lowest BCUT2D eigenvalue weighted by Crippen LogP contribution is -2.04. The molecule has 96 valence electrons. The molecule has 0 amide bonds. The maximum Gasteiger partial charge on any atom is 0.144 e. The van der Waals surface area contributed by atoms with Gasteiger partial charge in [0.25, 0.3) is 0 Å². The normalized spacial score (nSPS) is 11.8. The van der Waals surface area contributed by atoms with Crippen molar-refractivity contribution in [2.45, 2.75) is 23.6 Å². The maximum atomic E-state index is 8.99. The van der Waals surface area contributed by atoms with E-state index >= 15 is 0 Å². The minimum atomic E-state index is 0.0358. The van der Waals surface area contributed by atoms with Crippen molar-refractivity contribution in [3.8, 4) is 6.07 Å². The third kappa shape index (κ3) is 3.57. The van der Waals surface area contributed by atoms with Gasteiger partial charge in [-0.25, -0.2) is 4.98 Å². The molecule has 0 bridgehead atoms. The second-order valence-corrected chi connectivity index (χ2v) is 5.32. The number of thioether (sulfide) groups is 1. The lowest BCUT2D eigenvalue weighted by atomic mass is 10.1. The number of pyridine rings is 1. The molecular weight excluding hydrogens is 254 g/mol. The predicted octanol–water partition coefficient (Wildman–Crippen LogP) is 3.27. The first-order chi connectivity index (χ1) is 9.20. The van der Waals surface area contributed by atoms with E-state index in [1.807, 2.05) is 31.2 Å². The van der Waals surface area contributed by atoms with Crippen LogP contribution >= 0.6 is 11.8 Å². The topological polar surface area (TPSA) is 62.7 Å². The van der Waals surface area contributed by atoms with Gasteiger partial charge in [-0.05, 0) is 36.2 Å². The molecule has 2 aromatic rings. The van der Waals surface area contributed by atoms with Gasteiger partial charge in [0.1, 0.15) is 11.8 Å². The van der Waals surface area contributed by atoms with Crippen molar-refractivity contribution in [3.63, 3.8) is 0 Å². The monoisotopic (exact) mass is 269 g/mol. The number of nitrogens with zero attached hydrogens (tertiary/aromatic N) is 2. The molecule has 2 rings (SSSR count). The summed E-state index contributed by atoms with van der Waals surface area (Å²) in [7, 11) is 0. The smallest absolute Gasteiger partial charge is 0.144 e. The average Bonchev–Trinajstić information content (AvgIpc) is 2.45. The van der Waals surface area contributed by atoms with Gasteiger partial charge >= 0.3 is 0 Å². The number of nitriles is 1. The fraction of sp³-hybridized carbons (Fsp3) is 0.200. The van der Waals surface area contributed by atoms with E-state index in [-0.39, 0.29) is 6.04 Å². The number of rotatable bonds is 4. The quantitative estimate of drug-likeness (QED) is 0.865. The van der Waals surface area contributed by atoms with Crippen molar-refractivity contribution < 1.29 is 0 Å². The van der Waals surface area contributed by atoms with Gasteiger partial charge in [0.2, 0.25) is 0 Å². The molecule has 0 spiro atoms. The summed E-state index contributed by atoms with van der Waals surface area (Å²) in [5.41, 5.74) is 8.45. The highest BCUT2D eigenvalue weighted by Gasteiger charge is 2.05. The van der Waals surface area contributed by atoms with E-state index in [2.05, 4.69) is 23.2 Å². The van der Waals surface area contributed by atoms with E-state index in [9.17, 15) is 0 Å². The van der Waals surface area contributed by atoms with Crippen LogP contribution in [0, 0.1) is 11.3 Å². The Kier molecular flexibility index (Phi) is 4.56. The summed E-state index contributed by atoms with van der Waals surface area (Å²) in [6, 6.07) is 14.1. The molecule has 0 saturated heterocycles. The number of hydrogen-bond donors (Lipinski definition) is 1. The van der Waals surface area contributed by atoms with Crippen LogP contribution in [0.5, 0.6) is 0 Å². The van der Waals surface area contributed by atoms with Gasteiger partial charge in [-0.1, -0.05) is 18.2 Å². The van der Waals surface area contributed by atoms with Crippen molar-refractivity contribution in [3.05, 3.63) is 59.4 Å². The first-order valence-corrected chi connectivity index (χ1v) is 7.01. The Labute approximate surface area is 117 Å². The molecule has 0 aliphatic carbocycles. The van der Waals surface area contributed by atoms with Crippen LogP contribution in [0.25, 0.3) is 0 Å². The summed E-state index contributed by atoms with van der Waals surface area (Å²) >= 11 is 1.69. The van der Waals surface area contributed by atoms with Crippen molar-refractivity contribution in [1.29, 1.82) is 5.26 Å². The Bertz CT molecular complexity index is 602. The Balaban J connectivity index is 2.11. The molecule has 3 nitrogen and oxygen atoms in total. The molecule has 0 fully saturated rings. The van der Waals surface area contributed by atoms with Gasteiger partial charge in [0.05, 0.1) is 0 Å². The van der Waals surface area contributed by atoms with Crippen LogP contribution in [0.4, 0.5) is 0 Å². The molecular formula is C15H15N3S. The van der Waals surface area contributed by atoms with E-state index in [4.69, 9.17) is 11.0 Å². The highest BCUT2D eigenvalue weighted by Crippen LogP contribution is 2.25. The Hall–Kier alpha value is -1.83. The van der Waals surface area contributed by atoms with Gasteiger partial charge in [-0.3, -0.25) is 0 Å². The van der Waals surface area contributed by atoms with Gasteiger partial charge in [-0.2, -0.15) is 5.26 Å². The summed E-state index contributed by atoms with van der Waals surface area (Å²) < 4.78 is 0. The van der Waals surface area contributed by atoms with Crippen LogP contribution in [0.2, 0.25) is 0 Å². The zero-order chi connectivity index (χ0) is 13.7. The molecule has 2 N–H and O–H groups in total. The molecule has 1 heterocycles. The molecule has 4 heteroatoms. The largest absolute Gasteiger partial charge is 0.324 e. The minimum absolute atomic E-state index is 0.0358. The molecule has 1 aromatic carbocycles. The summed E-state index contributed by atoms with van der Waals surface area (Å²) in [5, 5.41) is 8.99. The van der Waals surface area contributed by atoms with E-state index in [1.54, 1.807) is 18.0 Å². The number of aromatic nitrogens is 1. The Morgan fingerprint density at radius 2 is 2.21 bits per heavy atom. The number of nitrogens with two attached hydrogens (primary N) is 1. The fourth-order valence-corrected chi connectivity index (χ4v) is 2.65. The standard InChI is InChI=1S/C15H15N3S/c1-11(17)12-4-2-6-14(8-12)19-10-13-5-3-7-18-15(13)9-16/h2-8,11H,10,17H2,1H3. The number of benzene rings is 1. The van der Waals surface area contributed by atoms with Crippen LogP contribution in [-0.2, 0) is 5.75 Å². The first-order valence-electron chi connectivity index (χ1n) is 6.03. The maximum absolute atomic E-state index is 8.99. The summed E-state index contributed by atoms with van der Waals surface area (Å²) in [6.45, 7) is 1.97. The highest BCUT2D eigenvalue weighted by atomic mass is 32.2. The van der Waals surface area contributed by atoms with Crippen LogP contribution in [-0.4, -0.2) is 4.98 Å². The first kappa shape index (κ1) is 13.6. The SMILES string of the molecule is CC(N)c1cccc(SCc2cccnc2C#N)c1. The van der Waals surface area contributed by atoms with Gasteiger partial charge in [0, 0.05) is 22.9 Å². The summed E-state index contributed by atoms with van der Waals surface area (Å²) in [5.74, 6) is 0.735. The lowest BCUT2D eigenvalue weighted by molar-refractivity contribution is 0.815. The second kappa shape index (κ2) is 6.37. The summed E-state index contributed by atoms with van der Waals surface area (Å²) in [4.78, 5) is 5.22. The Morgan fingerprint density at radius 3 is 2.95 bits per heavy atom. The third-order valence-corrected chi connectivity index (χ3v) is 3.82. The zero-order valence-corrected chi connectivity index (χ0v) is 11.5. The number of hydrogen-bond acceptors (Lipinski definition) is 4. The molecule has 1 aromatic heterocycles. The van der Waals surface area contributed by atoms with Gasteiger partial charge in [-0.15, -0.1) is 11.8 Å². The zero-order valence-electron chi connectivity index (χ0n) is 10.7. The van der Waals surface area contributed by atoms with E-state index < -0.39 is 0 Å². The molecule has 0 radical (unpaired) electrons. The van der Waals surface area contributed by atoms with E-state index in [0.29, 0.717) is 5.69 Å². The molecule has 0 aliphatic heterocycles. The van der Waals surface area contributed by atoms with Crippen molar-refractivity contribution >= 4 is 11.8 Å². The molecule has 0 saturated carbocycles. The second-order valence-electron chi connectivity index (χ2n) is 4.27. The Morgan fingerprint density at radius 1 is 1.37 bits per heavy atom. The van der Waals surface area contributed by atoms with Crippen LogP contribution < -0.4 is 5.73 Å². The molecule has 1 atom stereocenters. The third-order valence-electron chi connectivity index (χ3n) is 2.78. The predicted molar refractivity (Wildman–Crippen MR) is 77.6 cm³/mol. The van der Waals surface area contributed by atoms with Crippen molar-refractivity contribution in [2.75, 3.05) is 0 Å². The van der Waals surface area contributed by atoms with Crippen LogP contribution in [0.15, 0.2) is 47.5 Å². The fourth-order valence-electron chi connectivity index (χ4n) is 1.70. The van der Waals surface area contributed by atoms with Gasteiger partial charge < -0.3 is 5.73 Å². The van der Waals surface area contributed by atoms with Crippen LogP contribution in [0.1, 0.15) is 29.8 Å². The highest BCUT2D eigenvalue weighted by molar-refractivity contribution is 7.98. The summed E-state index contributed by atoms with van der Waals surface area (Å²) in [6.07, 6.45) is 1.64. The lowest BCUT2D eigenvalue weighted by Gasteiger charge is -2.08. The average molecular weight is 269 g/mol. The molecule has 0 aliphatic rings. The van der Waals surface area contributed by atoms with E-state index in [1.165, 1.54) is 0 Å². The molecule has 19 heavy (non-hydrogen) atoms. The van der Waals surface area contributed by atoms with Crippen molar-refractivity contribution in [2.24, 2.45) is 5.73 Å².